The summed E-state index contributed by atoms with van der Waals surface area (Å²) < 4.78 is 24.8. The molecule has 0 unspecified atom stereocenters. The monoisotopic (exact) mass is 378 g/mol. The van der Waals surface area contributed by atoms with E-state index in [-0.39, 0.29) is 0 Å². The van der Waals surface area contributed by atoms with E-state index in [2.05, 4.69) is 16.0 Å². The van der Waals surface area contributed by atoms with Crippen molar-refractivity contribution < 1.29 is 8.42 Å². The Labute approximate surface area is 157 Å². The van der Waals surface area contributed by atoms with Gasteiger partial charge >= 0.3 is 0 Å². The molecule has 3 heterocycles. The summed E-state index contributed by atoms with van der Waals surface area (Å²) in [6.07, 6.45) is 5.55. The van der Waals surface area contributed by atoms with Crippen LogP contribution in [-0.4, -0.2) is 42.0 Å². The first-order valence-electron chi connectivity index (χ1n) is 8.59. The number of nitrogens with one attached hydrogen (secondary N) is 1. The molecule has 0 fully saturated rings. The molecule has 1 aliphatic heterocycles. The second kappa shape index (κ2) is 6.65. The average Bonchev–Trinajstić information content (AvgIpc) is 3.12. The van der Waals surface area contributed by atoms with Crippen LogP contribution in [-0.2, 0) is 10.0 Å². The minimum absolute atomic E-state index is 0.376. The fourth-order valence-electron chi connectivity index (χ4n) is 3.45. The maximum Gasteiger partial charge on any atom is 0.211 e. The van der Waals surface area contributed by atoms with Crippen LogP contribution in [0.5, 0.6) is 0 Å². The summed E-state index contributed by atoms with van der Waals surface area (Å²) >= 11 is 0. The van der Waals surface area contributed by atoms with Crippen molar-refractivity contribution in [2.24, 2.45) is 0 Å². The highest BCUT2D eigenvalue weighted by atomic mass is 32.2. The van der Waals surface area contributed by atoms with E-state index in [9.17, 15) is 13.7 Å². The molecule has 3 aromatic rings. The number of sulfonamides is 1. The molecule has 1 aromatic carbocycles. The highest BCUT2D eigenvalue weighted by Crippen LogP contribution is 2.33. The number of nitriles is 1. The van der Waals surface area contributed by atoms with Crippen molar-refractivity contribution in [3.05, 3.63) is 59.9 Å². The summed E-state index contributed by atoms with van der Waals surface area (Å²) in [5, 5.41) is 10.4. The summed E-state index contributed by atoms with van der Waals surface area (Å²) in [7, 11) is -3.17. The summed E-state index contributed by atoms with van der Waals surface area (Å²) in [5.41, 5.74) is 5.21. The average molecular weight is 378 g/mol. The number of H-pyrrole nitrogens is 1. The zero-order chi connectivity index (χ0) is 19.0. The number of hydrogen-bond acceptors (Lipinski definition) is 4. The van der Waals surface area contributed by atoms with Gasteiger partial charge in [0.15, 0.2) is 0 Å². The number of pyridine rings is 1. The van der Waals surface area contributed by atoms with Gasteiger partial charge in [-0.05, 0) is 35.8 Å². The van der Waals surface area contributed by atoms with Crippen LogP contribution in [0.3, 0.4) is 0 Å². The molecule has 0 saturated carbocycles. The van der Waals surface area contributed by atoms with E-state index in [1.165, 1.54) is 10.6 Å². The maximum atomic E-state index is 11.7. The first-order chi connectivity index (χ1) is 13.0. The van der Waals surface area contributed by atoms with Crippen LogP contribution in [0.25, 0.3) is 27.7 Å². The number of rotatable bonds is 3. The Hall–Kier alpha value is -2.95. The molecule has 0 aliphatic carbocycles. The second-order valence-electron chi connectivity index (χ2n) is 6.56. The van der Waals surface area contributed by atoms with Gasteiger partial charge in [-0.3, -0.25) is 0 Å². The smallest absolute Gasteiger partial charge is 0.211 e. The zero-order valence-electron chi connectivity index (χ0n) is 14.8. The van der Waals surface area contributed by atoms with Gasteiger partial charge < -0.3 is 4.98 Å². The third-order valence-corrected chi connectivity index (χ3v) is 6.13. The first kappa shape index (κ1) is 17.5. The van der Waals surface area contributed by atoms with Crippen LogP contribution in [0.2, 0.25) is 0 Å². The molecule has 2 aromatic heterocycles. The number of fused-ring (bicyclic) bond motifs is 1. The van der Waals surface area contributed by atoms with Gasteiger partial charge in [0.05, 0.1) is 17.9 Å². The predicted molar refractivity (Wildman–Crippen MR) is 105 cm³/mol. The maximum absolute atomic E-state index is 11.7. The minimum atomic E-state index is -3.17. The Morgan fingerprint density at radius 1 is 1.22 bits per heavy atom. The van der Waals surface area contributed by atoms with Gasteiger partial charge in [-0.1, -0.05) is 24.3 Å². The third-order valence-electron chi connectivity index (χ3n) is 4.86. The highest BCUT2D eigenvalue weighted by molar-refractivity contribution is 7.88. The van der Waals surface area contributed by atoms with Crippen molar-refractivity contribution in [3.63, 3.8) is 0 Å². The predicted octanol–water partition coefficient (Wildman–Crippen LogP) is 3.15. The molecule has 7 heteroatoms. The van der Waals surface area contributed by atoms with Crippen molar-refractivity contribution in [2.45, 2.75) is 6.42 Å². The van der Waals surface area contributed by atoms with Gasteiger partial charge in [-0.15, -0.1) is 0 Å². The van der Waals surface area contributed by atoms with Crippen molar-refractivity contribution in [1.82, 2.24) is 14.3 Å². The third kappa shape index (κ3) is 3.25. The zero-order valence-corrected chi connectivity index (χ0v) is 15.6. The van der Waals surface area contributed by atoms with Gasteiger partial charge in [0, 0.05) is 35.9 Å². The van der Waals surface area contributed by atoms with Crippen LogP contribution >= 0.6 is 0 Å². The Balaban J connectivity index is 1.77. The van der Waals surface area contributed by atoms with E-state index < -0.39 is 10.0 Å². The van der Waals surface area contributed by atoms with E-state index in [1.807, 2.05) is 36.4 Å². The molecule has 0 radical (unpaired) electrons. The SMILES string of the molecule is CS(=O)(=O)N1CC=C(c2cc3c(-c4ccccc4C#N)ccnc3[nH]2)CC1. The van der Waals surface area contributed by atoms with Crippen LogP contribution in [0.15, 0.2) is 48.7 Å². The van der Waals surface area contributed by atoms with E-state index in [1.54, 1.807) is 12.3 Å². The van der Waals surface area contributed by atoms with Crippen molar-refractivity contribution >= 4 is 26.6 Å². The molecule has 0 amide bonds. The van der Waals surface area contributed by atoms with E-state index in [0.29, 0.717) is 25.1 Å². The topological polar surface area (TPSA) is 89.8 Å². The molecule has 0 spiro atoms. The molecule has 6 nitrogen and oxygen atoms in total. The molecule has 1 N–H and O–H groups in total. The standard InChI is InChI=1S/C20H18N4O2S/c1-27(25,26)24-10-7-14(8-11-24)19-12-18-17(6-9-22-20(18)23-19)16-5-3-2-4-15(16)13-21/h2-7,9,12H,8,10-11H2,1H3,(H,22,23). The van der Waals surface area contributed by atoms with Crippen molar-refractivity contribution in [3.8, 4) is 17.2 Å². The lowest BCUT2D eigenvalue weighted by Gasteiger charge is -2.23. The number of aromatic nitrogens is 2. The quantitative estimate of drug-likeness (QED) is 0.758. The van der Waals surface area contributed by atoms with Gasteiger partial charge in [0.25, 0.3) is 0 Å². The first-order valence-corrected chi connectivity index (χ1v) is 10.4. The van der Waals surface area contributed by atoms with Gasteiger partial charge in [-0.2, -0.15) is 9.57 Å². The Kier molecular flexibility index (Phi) is 4.30. The molecule has 27 heavy (non-hydrogen) atoms. The lowest BCUT2D eigenvalue weighted by Crippen LogP contribution is -2.33. The molecule has 0 atom stereocenters. The Morgan fingerprint density at radius 3 is 2.74 bits per heavy atom. The van der Waals surface area contributed by atoms with Crippen LogP contribution in [0.4, 0.5) is 0 Å². The molecule has 136 valence electrons. The fourth-order valence-corrected chi connectivity index (χ4v) is 4.21. The molecule has 0 saturated heterocycles. The Bertz CT molecular complexity index is 1200. The highest BCUT2D eigenvalue weighted by Gasteiger charge is 2.21. The normalized spacial score (nSPS) is 15.5. The van der Waals surface area contributed by atoms with Crippen LogP contribution < -0.4 is 0 Å². The lowest BCUT2D eigenvalue weighted by molar-refractivity contribution is 0.445. The second-order valence-corrected chi connectivity index (χ2v) is 8.54. The summed E-state index contributed by atoms with van der Waals surface area (Å²) in [4.78, 5) is 7.76. The van der Waals surface area contributed by atoms with Gasteiger partial charge in [0.2, 0.25) is 10.0 Å². The van der Waals surface area contributed by atoms with Crippen LogP contribution in [0.1, 0.15) is 17.7 Å². The van der Waals surface area contributed by atoms with Crippen molar-refractivity contribution in [1.29, 1.82) is 5.26 Å². The number of aromatic amines is 1. The molecular weight excluding hydrogens is 360 g/mol. The largest absolute Gasteiger partial charge is 0.339 e. The number of hydrogen-bond donors (Lipinski definition) is 1. The molecule has 0 bridgehead atoms. The van der Waals surface area contributed by atoms with E-state index in [0.717, 1.165) is 33.4 Å². The summed E-state index contributed by atoms with van der Waals surface area (Å²) in [5.74, 6) is 0. The van der Waals surface area contributed by atoms with Gasteiger partial charge in [-0.25, -0.2) is 13.4 Å². The van der Waals surface area contributed by atoms with Crippen LogP contribution in [0, 0.1) is 11.3 Å². The fraction of sp³-hybridized carbons (Fsp3) is 0.200. The molecular formula is C20H18N4O2S. The van der Waals surface area contributed by atoms with E-state index in [4.69, 9.17) is 0 Å². The van der Waals surface area contributed by atoms with E-state index >= 15 is 0 Å². The number of nitrogens with zero attached hydrogens (tertiary/aromatic N) is 3. The molecule has 4 rings (SSSR count). The van der Waals surface area contributed by atoms with Crippen molar-refractivity contribution in [2.75, 3.05) is 19.3 Å². The Morgan fingerprint density at radius 2 is 2.04 bits per heavy atom. The minimum Gasteiger partial charge on any atom is -0.339 e. The molecule has 1 aliphatic rings. The summed E-state index contributed by atoms with van der Waals surface area (Å²) in [6.45, 7) is 0.846. The lowest BCUT2D eigenvalue weighted by atomic mass is 9.98. The number of benzene rings is 1. The summed E-state index contributed by atoms with van der Waals surface area (Å²) in [6, 6.07) is 13.7. The van der Waals surface area contributed by atoms with Gasteiger partial charge in [0.1, 0.15) is 5.65 Å².